The predicted molar refractivity (Wildman–Crippen MR) is 83.7 cm³/mol. The summed E-state index contributed by atoms with van der Waals surface area (Å²) in [6.45, 7) is 2.96. The Bertz CT molecular complexity index is 738. The van der Waals surface area contributed by atoms with Crippen LogP contribution in [0.3, 0.4) is 0 Å². The highest BCUT2D eigenvalue weighted by Crippen LogP contribution is 2.38. The van der Waals surface area contributed by atoms with Gasteiger partial charge in [-0.15, -0.1) is 0 Å². The third-order valence-electron chi connectivity index (χ3n) is 4.22. The highest BCUT2D eigenvalue weighted by Gasteiger charge is 2.32. The number of rotatable bonds is 3. The zero-order valence-electron chi connectivity index (χ0n) is 13.5. The molecule has 0 unspecified atom stereocenters. The van der Waals surface area contributed by atoms with Gasteiger partial charge < -0.3 is 5.11 Å². The first-order valence-electron chi connectivity index (χ1n) is 7.84. The van der Waals surface area contributed by atoms with Crippen LogP contribution < -0.4 is 0 Å². The van der Waals surface area contributed by atoms with E-state index < -0.39 is 23.7 Å². The van der Waals surface area contributed by atoms with Gasteiger partial charge in [0, 0.05) is 25.2 Å². The molecule has 0 radical (unpaired) electrons. The van der Waals surface area contributed by atoms with Gasteiger partial charge in [-0.2, -0.15) is 23.4 Å². The second-order valence-electron chi connectivity index (χ2n) is 6.22. The first-order chi connectivity index (χ1) is 11.7. The summed E-state index contributed by atoms with van der Waals surface area (Å²) in [6.07, 6.45) is -4.84. The fraction of sp³-hybridized carbons (Fsp3) is 0.412. The average molecular weight is 355 g/mol. The molecule has 0 spiro atoms. The van der Waals surface area contributed by atoms with Crippen molar-refractivity contribution in [1.82, 2.24) is 15.1 Å². The monoisotopic (exact) mass is 355 g/mol. The lowest BCUT2D eigenvalue weighted by Crippen LogP contribution is -2.21. The number of aryl methyl sites for hydroxylation is 1. The molecule has 1 saturated heterocycles. The van der Waals surface area contributed by atoms with Gasteiger partial charge in [0.25, 0.3) is 0 Å². The van der Waals surface area contributed by atoms with Crippen molar-refractivity contribution in [2.24, 2.45) is 0 Å². The number of nitrogens with zero attached hydrogens (tertiary/aromatic N) is 3. The van der Waals surface area contributed by atoms with E-state index >= 15 is 0 Å². The van der Waals surface area contributed by atoms with Gasteiger partial charge >= 0.3 is 6.18 Å². The number of hydrogen-bond donors (Lipinski definition) is 1. The Morgan fingerprint density at radius 3 is 2.52 bits per heavy atom. The summed E-state index contributed by atoms with van der Waals surface area (Å²) in [4.78, 5) is 1.93. The summed E-state index contributed by atoms with van der Waals surface area (Å²) < 4.78 is 51.5. The van der Waals surface area contributed by atoms with E-state index in [0.29, 0.717) is 37.8 Å². The lowest BCUT2D eigenvalue weighted by atomic mass is 10.0. The first kappa shape index (κ1) is 17.6. The molecule has 1 fully saturated rings. The Labute approximate surface area is 142 Å². The average Bonchev–Trinajstić information content (AvgIpc) is 2.92. The number of alkyl halides is 4. The van der Waals surface area contributed by atoms with Gasteiger partial charge in [-0.05, 0) is 43.2 Å². The molecule has 0 bridgehead atoms. The molecule has 1 aromatic carbocycles. The molecule has 1 aliphatic heterocycles. The third kappa shape index (κ3) is 3.89. The number of benzene rings is 1. The molecular formula is C17H17F4N3O. The van der Waals surface area contributed by atoms with E-state index in [0.717, 1.165) is 6.07 Å². The first-order valence-corrected chi connectivity index (χ1v) is 7.84. The number of hydrogen-bond acceptors (Lipinski definition) is 4. The van der Waals surface area contributed by atoms with Crippen molar-refractivity contribution in [3.63, 3.8) is 0 Å². The largest absolute Gasteiger partial charge is 0.507 e. The normalized spacial score (nSPS) is 18.7. The summed E-state index contributed by atoms with van der Waals surface area (Å²) in [5, 5.41) is 18.1. The van der Waals surface area contributed by atoms with Gasteiger partial charge in [-0.1, -0.05) is 0 Å². The molecule has 1 aromatic heterocycles. The molecule has 1 atom stereocenters. The van der Waals surface area contributed by atoms with E-state index in [4.69, 9.17) is 0 Å². The highest BCUT2D eigenvalue weighted by atomic mass is 19.4. The SMILES string of the molecule is Cc1cc(C(F)(F)F)cc(O)c1-c1ccc(CN2CC[C@@H](F)C2)nn1. The van der Waals surface area contributed by atoms with Crippen molar-refractivity contribution < 1.29 is 22.7 Å². The summed E-state index contributed by atoms with van der Waals surface area (Å²) in [6, 6.07) is 4.94. The molecule has 1 aliphatic rings. The van der Waals surface area contributed by atoms with Crippen molar-refractivity contribution >= 4 is 0 Å². The molecule has 1 N–H and O–H groups in total. The molecule has 0 saturated carbocycles. The Morgan fingerprint density at radius 2 is 2.00 bits per heavy atom. The van der Waals surface area contributed by atoms with Crippen LogP contribution in [0.15, 0.2) is 24.3 Å². The predicted octanol–water partition coefficient (Wildman–Crippen LogP) is 3.72. The van der Waals surface area contributed by atoms with E-state index in [9.17, 15) is 22.7 Å². The minimum atomic E-state index is -4.53. The van der Waals surface area contributed by atoms with Crippen molar-refractivity contribution in [2.45, 2.75) is 32.2 Å². The maximum Gasteiger partial charge on any atom is 0.416 e. The number of likely N-dealkylation sites (tertiary alicyclic amines) is 1. The summed E-state index contributed by atoms with van der Waals surface area (Å²) >= 11 is 0. The third-order valence-corrected chi connectivity index (χ3v) is 4.22. The molecule has 8 heteroatoms. The van der Waals surface area contributed by atoms with Crippen molar-refractivity contribution in [3.05, 3.63) is 41.1 Å². The number of phenols is 1. The number of phenolic OH excluding ortho intramolecular Hbond substituents is 1. The van der Waals surface area contributed by atoms with E-state index in [-0.39, 0.29) is 16.8 Å². The second kappa shape index (κ2) is 6.59. The Hall–Kier alpha value is -2.22. The quantitative estimate of drug-likeness (QED) is 0.853. The van der Waals surface area contributed by atoms with Crippen LogP contribution in [0.25, 0.3) is 11.3 Å². The molecule has 0 aliphatic carbocycles. The smallest absolute Gasteiger partial charge is 0.416 e. The number of aromatic hydroxyl groups is 1. The maximum atomic E-state index is 13.2. The second-order valence-corrected chi connectivity index (χ2v) is 6.22. The van der Waals surface area contributed by atoms with Crippen LogP contribution in [-0.2, 0) is 12.7 Å². The molecule has 0 amide bonds. The molecule has 3 rings (SSSR count). The summed E-state index contributed by atoms with van der Waals surface area (Å²) in [7, 11) is 0. The summed E-state index contributed by atoms with van der Waals surface area (Å²) in [5.74, 6) is -0.491. The van der Waals surface area contributed by atoms with Gasteiger partial charge in [-0.3, -0.25) is 4.90 Å². The van der Waals surface area contributed by atoms with Crippen molar-refractivity contribution in [3.8, 4) is 17.0 Å². The molecule has 2 aromatic rings. The zero-order valence-corrected chi connectivity index (χ0v) is 13.5. The topological polar surface area (TPSA) is 49.2 Å². The van der Waals surface area contributed by atoms with Crippen LogP contribution in [0.2, 0.25) is 0 Å². The summed E-state index contributed by atoms with van der Waals surface area (Å²) in [5.41, 5.74) is 0.496. The fourth-order valence-corrected chi connectivity index (χ4v) is 3.00. The minimum Gasteiger partial charge on any atom is -0.507 e. The van der Waals surface area contributed by atoms with Crippen LogP contribution in [0.5, 0.6) is 5.75 Å². The Morgan fingerprint density at radius 1 is 1.24 bits per heavy atom. The Balaban J connectivity index is 1.82. The molecular weight excluding hydrogens is 338 g/mol. The maximum absolute atomic E-state index is 13.2. The van der Waals surface area contributed by atoms with E-state index in [2.05, 4.69) is 10.2 Å². The van der Waals surface area contributed by atoms with Gasteiger partial charge in [0.05, 0.1) is 17.0 Å². The lowest BCUT2D eigenvalue weighted by Gasteiger charge is -2.15. The van der Waals surface area contributed by atoms with Gasteiger partial charge in [0.15, 0.2) is 0 Å². The van der Waals surface area contributed by atoms with Crippen molar-refractivity contribution in [1.29, 1.82) is 0 Å². The van der Waals surface area contributed by atoms with Crippen LogP contribution in [0, 0.1) is 6.92 Å². The lowest BCUT2D eigenvalue weighted by molar-refractivity contribution is -0.137. The van der Waals surface area contributed by atoms with Crippen LogP contribution in [-0.4, -0.2) is 39.5 Å². The van der Waals surface area contributed by atoms with Crippen LogP contribution in [0.4, 0.5) is 17.6 Å². The van der Waals surface area contributed by atoms with E-state index in [1.165, 1.54) is 6.92 Å². The van der Waals surface area contributed by atoms with Crippen LogP contribution >= 0.6 is 0 Å². The molecule has 2 heterocycles. The zero-order chi connectivity index (χ0) is 18.2. The minimum absolute atomic E-state index is 0.219. The number of aromatic nitrogens is 2. The van der Waals surface area contributed by atoms with Gasteiger partial charge in [0.2, 0.25) is 0 Å². The van der Waals surface area contributed by atoms with Crippen LogP contribution in [0.1, 0.15) is 23.2 Å². The molecule has 4 nitrogen and oxygen atoms in total. The standard InChI is InChI=1S/C17H17F4N3O/c1-10-6-11(17(19,20)21)7-15(25)16(10)14-3-2-13(22-23-14)9-24-5-4-12(18)8-24/h2-3,6-7,12,25H,4-5,8-9H2,1H3/t12-/m1/s1. The molecule has 25 heavy (non-hydrogen) atoms. The fourth-order valence-electron chi connectivity index (χ4n) is 3.00. The van der Waals surface area contributed by atoms with Crippen molar-refractivity contribution in [2.75, 3.05) is 13.1 Å². The number of halogens is 4. The van der Waals surface area contributed by atoms with Gasteiger partial charge in [0.1, 0.15) is 11.9 Å². The van der Waals surface area contributed by atoms with Gasteiger partial charge in [-0.25, -0.2) is 4.39 Å². The molecule has 134 valence electrons. The van der Waals surface area contributed by atoms with E-state index in [1.807, 2.05) is 4.90 Å². The van der Waals surface area contributed by atoms with E-state index in [1.54, 1.807) is 12.1 Å². The highest BCUT2D eigenvalue weighted by molar-refractivity contribution is 5.71. The Kier molecular flexibility index (Phi) is 4.64.